The van der Waals surface area contributed by atoms with Crippen molar-refractivity contribution in [3.05, 3.63) is 23.3 Å². The topological polar surface area (TPSA) is 75.4 Å². The Kier molecular flexibility index (Phi) is 4.84. The van der Waals surface area contributed by atoms with Crippen LogP contribution in [-0.2, 0) is 16.6 Å². The number of thiazole rings is 1. The van der Waals surface area contributed by atoms with Crippen LogP contribution in [0.3, 0.4) is 0 Å². The summed E-state index contributed by atoms with van der Waals surface area (Å²) in [4.78, 5) is 25.2. The quantitative estimate of drug-likeness (QED) is 0.841. The Morgan fingerprint density at radius 1 is 1.29 bits per heavy atom. The van der Waals surface area contributed by atoms with Crippen molar-refractivity contribution in [1.82, 2.24) is 20.0 Å². The third-order valence-electron chi connectivity index (χ3n) is 4.01. The third kappa shape index (κ3) is 3.92. The number of carbonyl (C=O) groups is 1. The Balaban J connectivity index is 1.47. The van der Waals surface area contributed by atoms with Crippen molar-refractivity contribution in [2.24, 2.45) is 0 Å². The first-order valence-electron chi connectivity index (χ1n) is 8.19. The number of rotatable bonds is 4. The van der Waals surface area contributed by atoms with Gasteiger partial charge in [-0.25, -0.2) is 4.98 Å². The predicted octanol–water partition coefficient (Wildman–Crippen LogP) is 2.11. The van der Waals surface area contributed by atoms with Crippen molar-refractivity contribution in [3.63, 3.8) is 0 Å². The number of carbonyl (C=O) groups excluding carboxylic acids is 1. The Morgan fingerprint density at radius 3 is 2.62 bits per heavy atom. The van der Waals surface area contributed by atoms with Crippen LogP contribution in [-0.4, -0.2) is 52.1 Å². The van der Waals surface area contributed by atoms with Crippen LogP contribution in [0.5, 0.6) is 0 Å². The summed E-state index contributed by atoms with van der Waals surface area (Å²) in [6, 6.07) is 0. The molecule has 0 spiro atoms. The fourth-order valence-electron chi connectivity index (χ4n) is 2.55. The highest BCUT2D eigenvalue weighted by molar-refractivity contribution is 7.13. The minimum absolute atomic E-state index is 0.141. The molecule has 0 aliphatic carbocycles. The highest BCUT2D eigenvalue weighted by Crippen LogP contribution is 2.20. The fraction of sp³-hybridized carbons (Fsp3) is 0.625. The van der Waals surface area contributed by atoms with Crippen LogP contribution < -0.4 is 4.90 Å². The number of anilines is 1. The van der Waals surface area contributed by atoms with Gasteiger partial charge >= 0.3 is 0 Å². The SMILES string of the molecule is CC(C)(C)c1noc(CCC(=O)N2CCN(c3nccs3)CC2)n1. The molecule has 0 radical (unpaired) electrons. The van der Waals surface area contributed by atoms with Crippen LogP contribution in [0.1, 0.15) is 38.9 Å². The largest absolute Gasteiger partial charge is 0.345 e. The summed E-state index contributed by atoms with van der Waals surface area (Å²) in [5.74, 6) is 1.36. The van der Waals surface area contributed by atoms with E-state index in [9.17, 15) is 4.79 Å². The number of aromatic nitrogens is 3. The lowest BCUT2D eigenvalue weighted by Gasteiger charge is -2.34. The van der Waals surface area contributed by atoms with E-state index in [1.165, 1.54) is 0 Å². The normalized spacial score (nSPS) is 15.8. The molecule has 1 fully saturated rings. The molecule has 0 aromatic carbocycles. The van der Waals surface area contributed by atoms with Gasteiger partial charge in [0.15, 0.2) is 11.0 Å². The first kappa shape index (κ1) is 16.9. The van der Waals surface area contributed by atoms with E-state index >= 15 is 0 Å². The van der Waals surface area contributed by atoms with Gasteiger partial charge in [-0.15, -0.1) is 11.3 Å². The molecule has 0 atom stereocenters. The molecule has 7 nitrogen and oxygen atoms in total. The molecule has 2 aromatic heterocycles. The van der Waals surface area contributed by atoms with Crippen LogP contribution in [0.2, 0.25) is 0 Å². The predicted molar refractivity (Wildman–Crippen MR) is 92.2 cm³/mol. The maximum atomic E-state index is 12.4. The van der Waals surface area contributed by atoms with Crippen LogP contribution >= 0.6 is 11.3 Å². The summed E-state index contributed by atoms with van der Waals surface area (Å²) in [5.41, 5.74) is -0.141. The maximum absolute atomic E-state index is 12.4. The van der Waals surface area contributed by atoms with Crippen LogP contribution in [0, 0.1) is 0 Å². The Bertz CT molecular complexity index is 669. The lowest BCUT2D eigenvalue weighted by Crippen LogP contribution is -2.48. The van der Waals surface area contributed by atoms with Gasteiger partial charge in [0.05, 0.1) is 0 Å². The van der Waals surface area contributed by atoms with Gasteiger partial charge in [0, 0.05) is 56.0 Å². The van der Waals surface area contributed by atoms with E-state index in [2.05, 4.69) is 20.0 Å². The van der Waals surface area contributed by atoms with E-state index in [1.54, 1.807) is 11.3 Å². The second-order valence-corrected chi connectivity index (χ2v) is 7.82. The fourth-order valence-corrected chi connectivity index (χ4v) is 3.25. The van der Waals surface area contributed by atoms with Crippen LogP contribution in [0.25, 0.3) is 0 Å². The number of hydrogen-bond donors (Lipinski definition) is 0. The van der Waals surface area contributed by atoms with E-state index < -0.39 is 0 Å². The van der Waals surface area contributed by atoms with Crippen molar-refractivity contribution < 1.29 is 9.32 Å². The maximum Gasteiger partial charge on any atom is 0.227 e. The highest BCUT2D eigenvalue weighted by Gasteiger charge is 2.24. The molecule has 1 amide bonds. The lowest BCUT2D eigenvalue weighted by molar-refractivity contribution is -0.131. The second kappa shape index (κ2) is 6.88. The molecule has 0 saturated carbocycles. The van der Waals surface area contributed by atoms with Crippen molar-refractivity contribution in [2.75, 3.05) is 31.1 Å². The second-order valence-electron chi connectivity index (χ2n) is 6.94. The first-order chi connectivity index (χ1) is 11.4. The highest BCUT2D eigenvalue weighted by atomic mass is 32.1. The molecule has 1 aliphatic heterocycles. The monoisotopic (exact) mass is 349 g/mol. The Morgan fingerprint density at radius 2 is 2.04 bits per heavy atom. The zero-order valence-electron chi connectivity index (χ0n) is 14.4. The van der Waals surface area contributed by atoms with Gasteiger partial charge in [-0.05, 0) is 0 Å². The standard InChI is InChI=1S/C16H23N5O2S/c1-16(2,3)14-18-12(23-19-14)4-5-13(22)20-7-9-21(10-8-20)15-17-6-11-24-15/h6,11H,4-5,7-10H2,1-3H3. The first-order valence-corrected chi connectivity index (χ1v) is 9.07. The molecular formula is C16H23N5O2S. The van der Waals surface area contributed by atoms with E-state index in [4.69, 9.17) is 4.52 Å². The van der Waals surface area contributed by atoms with E-state index in [0.29, 0.717) is 24.6 Å². The molecule has 2 aromatic rings. The average molecular weight is 349 g/mol. The van der Waals surface area contributed by atoms with Crippen LogP contribution in [0.4, 0.5) is 5.13 Å². The van der Waals surface area contributed by atoms with Gasteiger partial charge in [-0.3, -0.25) is 4.79 Å². The van der Waals surface area contributed by atoms with Gasteiger partial charge in [0.25, 0.3) is 0 Å². The van der Waals surface area contributed by atoms with Crippen molar-refractivity contribution in [3.8, 4) is 0 Å². The zero-order chi connectivity index (χ0) is 17.2. The smallest absolute Gasteiger partial charge is 0.227 e. The molecule has 3 heterocycles. The number of amides is 1. The summed E-state index contributed by atoms with van der Waals surface area (Å²) in [6.07, 6.45) is 2.71. The van der Waals surface area contributed by atoms with Gasteiger partial charge in [0.2, 0.25) is 11.8 Å². The van der Waals surface area contributed by atoms with E-state index in [0.717, 1.165) is 31.3 Å². The third-order valence-corrected chi connectivity index (χ3v) is 4.85. The number of nitrogens with zero attached hydrogens (tertiary/aromatic N) is 5. The summed E-state index contributed by atoms with van der Waals surface area (Å²) in [7, 11) is 0. The summed E-state index contributed by atoms with van der Waals surface area (Å²) >= 11 is 1.63. The average Bonchev–Trinajstić information content (AvgIpc) is 3.23. The summed E-state index contributed by atoms with van der Waals surface area (Å²) in [6.45, 7) is 9.23. The molecule has 3 rings (SSSR count). The number of piperazine rings is 1. The molecule has 1 aliphatic rings. The molecule has 0 bridgehead atoms. The zero-order valence-corrected chi connectivity index (χ0v) is 15.2. The van der Waals surface area contributed by atoms with Crippen LogP contribution in [0.15, 0.2) is 16.1 Å². The molecule has 0 N–H and O–H groups in total. The molecule has 0 unspecified atom stereocenters. The summed E-state index contributed by atoms with van der Waals surface area (Å²) in [5, 5.41) is 7.00. The molecule has 1 saturated heterocycles. The Labute approximate surface area is 145 Å². The van der Waals surface area contributed by atoms with Gasteiger partial charge in [-0.2, -0.15) is 4.98 Å². The van der Waals surface area contributed by atoms with Gasteiger partial charge < -0.3 is 14.3 Å². The van der Waals surface area contributed by atoms with Gasteiger partial charge in [-0.1, -0.05) is 25.9 Å². The lowest BCUT2D eigenvalue weighted by atomic mass is 9.96. The van der Waals surface area contributed by atoms with E-state index in [1.807, 2.05) is 37.2 Å². The van der Waals surface area contributed by atoms with E-state index in [-0.39, 0.29) is 11.3 Å². The van der Waals surface area contributed by atoms with Crippen molar-refractivity contribution in [2.45, 2.75) is 39.0 Å². The van der Waals surface area contributed by atoms with Gasteiger partial charge in [0.1, 0.15) is 0 Å². The summed E-state index contributed by atoms with van der Waals surface area (Å²) < 4.78 is 5.25. The minimum Gasteiger partial charge on any atom is -0.345 e. The molecule has 130 valence electrons. The van der Waals surface area contributed by atoms with Crippen molar-refractivity contribution in [1.29, 1.82) is 0 Å². The molecule has 8 heteroatoms. The molecular weight excluding hydrogens is 326 g/mol. The Hall–Kier alpha value is -1.96. The van der Waals surface area contributed by atoms with Crippen molar-refractivity contribution >= 4 is 22.4 Å². The molecule has 24 heavy (non-hydrogen) atoms. The number of hydrogen-bond acceptors (Lipinski definition) is 7. The minimum atomic E-state index is -0.141. The number of aryl methyl sites for hydroxylation is 1.